The van der Waals surface area contributed by atoms with Crippen LogP contribution in [0.5, 0.6) is 0 Å². The first-order chi connectivity index (χ1) is 11.5. The number of allylic oxidation sites excluding steroid dienone is 1. The van der Waals surface area contributed by atoms with Gasteiger partial charge in [0.15, 0.2) is 12.8 Å². The molecule has 0 spiro atoms. The van der Waals surface area contributed by atoms with Crippen LogP contribution in [0.25, 0.3) is 6.08 Å². The van der Waals surface area contributed by atoms with Crippen molar-refractivity contribution in [2.24, 2.45) is 0 Å². The standard InChI is InChI=1S/C14H18ClN4O5/c1-22-5-14-6-23-12(24-14)8(9(20)10(14)21)16-11-7-3-2-4-19(7)18-13(15)17-11/h2-3,8-10,12,20-21H,4-6H2,1H3,(H,16,17,18)/q+1/t8-,9-,10-,12+,14+/m1/s1. The topological polar surface area (TPSA) is 110 Å². The number of nitrogens with zero attached hydrogens (tertiary/aromatic N) is 3. The predicted octanol–water partition coefficient (Wildman–Crippen LogP) is -1.28. The molecule has 9 nitrogen and oxygen atoms in total. The number of hydrogen-bond acceptors (Lipinski definition) is 8. The van der Waals surface area contributed by atoms with Gasteiger partial charge >= 0.3 is 0 Å². The smallest absolute Gasteiger partial charge is 0.290 e. The quantitative estimate of drug-likeness (QED) is 0.572. The Morgan fingerprint density at radius 3 is 3.17 bits per heavy atom. The van der Waals surface area contributed by atoms with E-state index in [1.807, 2.05) is 12.2 Å². The van der Waals surface area contributed by atoms with E-state index in [1.54, 1.807) is 4.68 Å². The van der Waals surface area contributed by atoms with Crippen LogP contribution in [0.3, 0.4) is 0 Å². The van der Waals surface area contributed by atoms with Crippen molar-refractivity contribution in [1.82, 2.24) is 10.1 Å². The number of aliphatic hydroxyl groups is 2. The van der Waals surface area contributed by atoms with Gasteiger partial charge in [0.2, 0.25) is 5.82 Å². The molecule has 0 radical (unpaired) electrons. The first-order valence-electron chi connectivity index (χ1n) is 7.59. The van der Waals surface area contributed by atoms with Gasteiger partial charge in [-0.3, -0.25) is 0 Å². The summed E-state index contributed by atoms with van der Waals surface area (Å²) in [6.45, 7) is 0.858. The van der Waals surface area contributed by atoms with Gasteiger partial charge in [-0.05, 0) is 17.7 Å². The van der Waals surface area contributed by atoms with Crippen LogP contribution in [0, 0.1) is 0 Å². The van der Waals surface area contributed by atoms with Gasteiger partial charge in [0.1, 0.15) is 23.9 Å². The number of nitrogens with one attached hydrogen (secondary N) is 1. The molecule has 0 aromatic carbocycles. The Morgan fingerprint density at radius 2 is 2.38 bits per heavy atom. The molecule has 3 aliphatic rings. The highest BCUT2D eigenvalue weighted by Crippen LogP contribution is 2.38. The normalized spacial score (nSPS) is 36.8. The Labute approximate surface area is 142 Å². The molecule has 0 saturated carbocycles. The molecule has 10 heteroatoms. The van der Waals surface area contributed by atoms with E-state index in [9.17, 15) is 10.2 Å². The molecule has 0 unspecified atom stereocenters. The van der Waals surface area contributed by atoms with E-state index in [0.717, 1.165) is 5.69 Å². The Hall–Kier alpha value is -1.36. The molecule has 24 heavy (non-hydrogen) atoms. The fourth-order valence-electron chi connectivity index (χ4n) is 3.36. The molecule has 0 aliphatic carbocycles. The largest absolute Gasteiger partial charge is 0.388 e. The van der Waals surface area contributed by atoms with Crippen molar-refractivity contribution in [2.75, 3.05) is 25.6 Å². The Bertz CT molecular complexity index is 689. The third-order valence-electron chi connectivity index (χ3n) is 4.54. The summed E-state index contributed by atoms with van der Waals surface area (Å²) < 4.78 is 18.2. The highest BCUT2D eigenvalue weighted by atomic mass is 35.5. The zero-order chi connectivity index (χ0) is 16.9. The Balaban J connectivity index is 1.62. The van der Waals surface area contributed by atoms with Crippen molar-refractivity contribution in [2.45, 2.75) is 36.7 Å². The zero-order valence-corrected chi connectivity index (χ0v) is 13.7. The number of methoxy groups -OCH3 is 1. The van der Waals surface area contributed by atoms with Gasteiger partial charge in [-0.25, -0.2) is 0 Å². The first kappa shape index (κ1) is 16.1. The fraction of sp³-hybridized carbons (Fsp3) is 0.643. The van der Waals surface area contributed by atoms with Gasteiger partial charge < -0.3 is 29.7 Å². The molecular formula is C14H18ClN4O5+. The van der Waals surface area contributed by atoms with Crippen molar-refractivity contribution in [3.63, 3.8) is 0 Å². The zero-order valence-electron chi connectivity index (χ0n) is 12.9. The van der Waals surface area contributed by atoms with Crippen molar-refractivity contribution >= 4 is 23.5 Å². The maximum atomic E-state index is 10.6. The molecule has 130 valence electrons. The molecule has 5 atom stereocenters. The number of ether oxygens (including phenoxy) is 3. The monoisotopic (exact) mass is 357 g/mol. The van der Waals surface area contributed by atoms with Gasteiger partial charge in [0.05, 0.1) is 13.2 Å². The number of hydrogen-bond donors (Lipinski definition) is 3. The lowest BCUT2D eigenvalue weighted by atomic mass is 9.88. The lowest BCUT2D eigenvalue weighted by Crippen LogP contribution is -2.64. The van der Waals surface area contributed by atoms with Crippen LogP contribution >= 0.6 is 11.6 Å². The Morgan fingerprint density at radius 1 is 1.54 bits per heavy atom. The second-order valence-corrected chi connectivity index (χ2v) is 6.44. The molecule has 3 N–H and O–H groups in total. The van der Waals surface area contributed by atoms with Crippen LogP contribution in [0.2, 0.25) is 5.28 Å². The van der Waals surface area contributed by atoms with Crippen LogP contribution in [-0.2, 0) is 20.8 Å². The molecule has 2 saturated heterocycles. The molecule has 1 aromatic rings. The minimum absolute atomic E-state index is 0.0813. The summed E-state index contributed by atoms with van der Waals surface area (Å²) in [6, 6.07) is -0.711. The molecule has 2 fully saturated rings. The van der Waals surface area contributed by atoms with Crippen LogP contribution < -0.4 is 10.00 Å². The van der Waals surface area contributed by atoms with Crippen LogP contribution in [-0.4, -0.2) is 70.8 Å². The highest BCUT2D eigenvalue weighted by molar-refractivity contribution is 6.28. The van der Waals surface area contributed by atoms with Crippen molar-refractivity contribution in [1.29, 1.82) is 0 Å². The van der Waals surface area contributed by atoms with Crippen molar-refractivity contribution in [3.8, 4) is 0 Å². The average Bonchev–Trinajstić information content (AvgIpc) is 3.16. The van der Waals surface area contributed by atoms with E-state index in [4.69, 9.17) is 25.8 Å². The molecule has 4 heterocycles. The maximum absolute atomic E-state index is 10.6. The SMILES string of the molecule is COC[C@@]12CO[C@@H](O1)[C@H](Nc1nc(Cl)n[n+]3c1C=CC3)[C@@H](O)[C@H]2O. The minimum atomic E-state index is -1.16. The molecule has 1 aromatic heterocycles. The third-order valence-corrected chi connectivity index (χ3v) is 4.70. The van der Waals surface area contributed by atoms with Gasteiger partial charge in [0.25, 0.3) is 11.0 Å². The van der Waals surface area contributed by atoms with Gasteiger partial charge in [-0.1, -0.05) is 4.68 Å². The summed E-state index contributed by atoms with van der Waals surface area (Å²) in [4.78, 5) is 4.18. The summed E-state index contributed by atoms with van der Waals surface area (Å²) in [5, 5.41) is 28.3. The fourth-order valence-corrected chi connectivity index (χ4v) is 3.54. The van der Waals surface area contributed by atoms with E-state index < -0.39 is 30.1 Å². The van der Waals surface area contributed by atoms with Gasteiger partial charge in [0, 0.05) is 18.3 Å². The summed E-state index contributed by atoms with van der Waals surface area (Å²) in [5.41, 5.74) is -0.329. The number of rotatable bonds is 4. The minimum Gasteiger partial charge on any atom is -0.388 e. The number of anilines is 1. The van der Waals surface area contributed by atoms with Gasteiger partial charge in [-0.15, -0.1) is 0 Å². The van der Waals surface area contributed by atoms with Crippen LogP contribution in [0.1, 0.15) is 5.69 Å². The molecule has 2 bridgehead atoms. The predicted molar refractivity (Wildman–Crippen MR) is 81.1 cm³/mol. The molecule has 4 rings (SSSR count). The average molecular weight is 358 g/mol. The number of aromatic nitrogens is 3. The second-order valence-electron chi connectivity index (χ2n) is 6.10. The van der Waals surface area contributed by atoms with E-state index >= 15 is 0 Å². The van der Waals surface area contributed by atoms with Crippen molar-refractivity contribution < 1.29 is 29.1 Å². The van der Waals surface area contributed by atoms with E-state index in [0.29, 0.717) is 12.4 Å². The Kier molecular flexibility index (Phi) is 3.94. The summed E-state index contributed by atoms with van der Waals surface area (Å²) in [7, 11) is 1.50. The van der Waals surface area contributed by atoms with Gasteiger partial charge in [-0.2, -0.15) is 4.98 Å². The lowest BCUT2D eigenvalue weighted by Gasteiger charge is -2.42. The highest BCUT2D eigenvalue weighted by Gasteiger charge is 2.59. The van der Waals surface area contributed by atoms with E-state index in [-0.39, 0.29) is 18.5 Å². The van der Waals surface area contributed by atoms with E-state index in [1.165, 1.54) is 7.11 Å². The first-order valence-corrected chi connectivity index (χ1v) is 7.97. The molecular weight excluding hydrogens is 340 g/mol. The van der Waals surface area contributed by atoms with Crippen LogP contribution in [0.15, 0.2) is 6.08 Å². The number of halogens is 1. The van der Waals surface area contributed by atoms with Crippen molar-refractivity contribution in [3.05, 3.63) is 17.1 Å². The maximum Gasteiger partial charge on any atom is 0.290 e. The number of aliphatic hydroxyl groups excluding tert-OH is 2. The van der Waals surface area contributed by atoms with Crippen LogP contribution in [0.4, 0.5) is 5.82 Å². The lowest BCUT2D eigenvalue weighted by molar-refractivity contribution is -0.742. The number of fused-ring (bicyclic) bond motifs is 3. The third kappa shape index (κ3) is 2.40. The summed E-state index contributed by atoms with van der Waals surface area (Å²) >= 11 is 5.95. The van der Waals surface area contributed by atoms with E-state index in [2.05, 4.69) is 15.4 Å². The molecule has 0 amide bonds. The summed E-state index contributed by atoms with van der Waals surface area (Å²) in [6.07, 6.45) is 0.751. The second kappa shape index (κ2) is 5.87. The molecule has 3 aliphatic heterocycles. The summed E-state index contributed by atoms with van der Waals surface area (Å²) in [5.74, 6) is 0.443.